The van der Waals surface area contributed by atoms with Crippen LogP contribution in [-0.2, 0) is 0 Å². The molecule has 98 valence electrons. The quantitative estimate of drug-likeness (QED) is 0.246. The fraction of sp³-hybridized carbons (Fsp3) is 0.286. The highest BCUT2D eigenvalue weighted by Crippen LogP contribution is 2.33. The molecule has 0 unspecified atom stereocenters. The third-order valence-corrected chi connectivity index (χ3v) is 11.1. The molecule has 4 heteroatoms. The van der Waals surface area contributed by atoms with Gasteiger partial charge >= 0.3 is 0 Å². The molecule has 0 spiro atoms. The zero-order valence-corrected chi connectivity index (χ0v) is 17.3. The molecule has 0 atom stereocenters. The first-order valence-electron chi connectivity index (χ1n) is 5.69. The lowest BCUT2D eigenvalue weighted by atomic mass is 10.1. The molecule has 0 nitrogen and oxygen atoms in total. The van der Waals surface area contributed by atoms with E-state index >= 15 is 0 Å². The van der Waals surface area contributed by atoms with Crippen LogP contribution in [0.25, 0.3) is 3.58 Å². The summed E-state index contributed by atoms with van der Waals surface area (Å²) < 4.78 is 2.79. The van der Waals surface area contributed by atoms with Crippen molar-refractivity contribution in [3.63, 3.8) is 0 Å². The topological polar surface area (TPSA) is 0 Å². The van der Waals surface area contributed by atoms with Gasteiger partial charge in [-0.2, -0.15) is 11.3 Å². The molecule has 1 heterocycles. The van der Waals surface area contributed by atoms with Gasteiger partial charge in [-0.15, -0.1) is 0 Å². The van der Waals surface area contributed by atoms with Crippen LogP contribution in [0.5, 0.6) is 0 Å². The van der Waals surface area contributed by atoms with Gasteiger partial charge in [-0.25, -0.2) is 0 Å². The molecule has 0 bridgehead atoms. The summed E-state index contributed by atoms with van der Waals surface area (Å²) in [6, 6.07) is 2.17. The molecule has 0 N–H and O–H groups in total. The third-order valence-electron chi connectivity index (χ3n) is 2.42. The summed E-state index contributed by atoms with van der Waals surface area (Å²) in [4.78, 5) is 0. The molecule has 0 saturated heterocycles. The molecule has 1 aromatic rings. The summed E-state index contributed by atoms with van der Waals surface area (Å²) in [6.07, 6.45) is 2.28. The van der Waals surface area contributed by atoms with Crippen LogP contribution in [0, 0.1) is 0 Å². The lowest BCUT2D eigenvalue weighted by Gasteiger charge is -2.19. The third kappa shape index (κ3) is 4.61. The zero-order chi connectivity index (χ0) is 13.9. The molecular formula is C14H18I2SSi. The monoisotopic (exact) mass is 500 g/mol. The minimum atomic E-state index is -1.28. The number of rotatable bonds is 4. The SMILES string of the molecule is C=C(C)C(/C=C(\I)c1ccsc1)=C(/I)[Si](C)(C)C. The molecule has 0 radical (unpaired) electrons. The van der Waals surface area contributed by atoms with Crippen LogP contribution in [0.15, 0.2) is 43.8 Å². The Bertz CT molecular complexity index is 490. The Morgan fingerprint density at radius 1 is 1.33 bits per heavy atom. The average molecular weight is 500 g/mol. The van der Waals surface area contributed by atoms with Gasteiger partial charge in [0, 0.05) is 3.58 Å². The maximum Gasteiger partial charge on any atom is 0.0862 e. The van der Waals surface area contributed by atoms with Gasteiger partial charge < -0.3 is 0 Å². The van der Waals surface area contributed by atoms with E-state index in [4.69, 9.17) is 0 Å². The van der Waals surface area contributed by atoms with Gasteiger partial charge in [-0.3, -0.25) is 0 Å². The second-order valence-corrected chi connectivity index (χ2v) is 14.3. The Morgan fingerprint density at radius 2 is 1.94 bits per heavy atom. The predicted octanol–water partition coefficient (Wildman–Crippen LogP) is 6.67. The fourth-order valence-corrected chi connectivity index (χ4v) is 4.61. The molecular weight excluding hydrogens is 482 g/mol. The molecule has 0 aliphatic heterocycles. The van der Waals surface area contributed by atoms with Crippen molar-refractivity contribution in [2.24, 2.45) is 0 Å². The van der Waals surface area contributed by atoms with E-state index in [-0.39, 0.29) is 0 Å². The highest BCUT2D eigenvalue weighted by Gasteiger charge is 2.20. The summed E-state index contributed by atoms with van der Waals surface area (Å²) in [6.45, 7) is 13.4. The maximum atomic E-state index is 4.14. The van der Waals surface area contributed by atoms with E-state index < -0.39 is 8.07 Å². The van der Waals surface area contributed by atoms with Crippen LogP contribution in [0.4, 0.5) is 0 Å². The van der Waals surface area contributed by atoms with Gasteiger partial charge in [-0.05, 0) is 66.8 Å². The smallest absolute Gasteiger partial charge is 0.0862 e. The second-order valence-electron chi connectivity index (χ2n) is 5.26. The van der Waals surface area contributed by atoms with Gasteiger partial charge in [0.1, 0.15) is 0 Å². The first-order valence-corrected chi connectivity index (χ1v) is 12.3. The molecule has 1 aromatic heterocycles. The van der Waals surface area contributed by atoms with Gasteiger partial charge in [0.05, 0.1) is 8.07 Å². The summed E-state index contributed by atoms with van der Waals surface area (Å²) in [5.41, 5.74) is 3.79. The minimum Gasteiger partial charge on any atom is -0.152 e. The summed E-state index contributed by atoms with van der Waals surface area (Å²) in [5.74, 6) is 0. The van der Waals surface area contributed by atoms with Gasteiger partial charge in [0.25, 0.3) is 0 Å². The Kier molecular flexibility index (Phi) is 6.34. The van der Waals surface area contributed by atoms with Crippen molar-refractivity contribution in [2.75, 3.05) is 0 Å². The van der Waals surface area contributed by atoms with Crippen molar-refractivity contribution in [3.8, 4) is 0 Å². The van der Waals surface area contributed by atoms with Crippen molar-refractivity contribution >= 4 is 68.2 Å². The molecule has 0 aromatic carbocycles. The molecule has 0 aliphatic rings. The van der Waals surface area contributed by atoms with E-state index in [9.17, 15) is 0 Å². The van der Waals surface area contributed by atoms with Crippen molar-refractivity contribution in [1.82, 2.24) is 0 Å². The van der Waals surface area contributed by atoms with Gasteiger partial charge in [0.2, 0.25) is 0 Å². The highest BCUT2D eigenvalue weighted by molar-refractivity contribution is 14.1. The zero-order valence-electron chi connectivity index (χ0n) is 11.2. The maximum absolute atomic E-state index is 4.14. The molecule has 0 saturated carbocycles. The van der Waals surface area contributed by atoms with E-state index in [1.54, 1.807) is 11.3 Å². The Hall–Kier alpha value is 0.597. The number of thiophene rings is 1. The summed E-state index contributed by atoms with van der Waals surface area (Å²) >= 11 is 6.67. The van der Waals surface area contributed by atoms with E-state index in [1.807, 2.05) is 0 Å². The van der Waals surface area contributed by atoms with Crippen molar-refractivity contribution in [1.29, 1.82) is 0 Å². The largest absolute Gasteiger partial charge is 0.152 e. The Labute approximate surface area is 143 Å². The molecule has 18 heavy (non-hydrogen) atoms. The van der Waals surface area contributed by atoms with Crippen molar-refractivity contribution in [3.05, 3.63) is 49.4 Å². The van der Waals surface area contributed by atoms with Crippen molar-refractivity contribution in [2.45, 2.75) is 26.6 Å². The summed E-state index contributed by atoms with van der Waals surface area (Å²) in [7, 11) is -1.28. The first kappa shape index (κ1) is 16.7. The van der Waals surface area contributed by atoms with E-state index in [0.717, 1.165) is 5.57 Å². The number of hydrogen-bond acceptors (Lipinski definition) is 1. The number of halogens is 2. The van der Waals surface area contributed by atoms with Crippen LogP contribution < -0.4 is 0 Å². The van der Waals surface area contributed by atoms with E-state index in [1.165, 1.54) is 17.9 Å². The lowest BCUT2D eigenvalue weighted by molar-refractivity contribution is 1.46. The van der Waals surface area contributed by atoms with Crippen LogP contribution in [0.2, 0.25) is 19.6 Å². The standard InChI is InChI=1S/C14H18I2SSi/c1-10(2)12(14(16)18(3,4)5)8-13(15)11-6-7-17-9-11/h6-9H,1H2,2-5H3/b13-8-,14-12-. The highest BCUT2D eigenvalue weighted by atomic mass is 127. The second kappa shape index (κ2) is 6.85. The van der Waals surface area contributed by atoms with Crippen LogP contribution in [0.1, 0.15) is 12.5 Å². The average Bonchev–Trinajstić information content (AvgIpc) is 2.76. The Balaban J connectivity index is 3.25. The molecule has 0 fully saturated rings. The van der Waals surface area contributed by atoms with Gasteiger partial charge in [-0.1, -0.05) is 54.4 Å². The lowest BCUT2D eigenvalue weighted by Crippen LogP contribution is -2.21. The van der Waals surface area contributed by atoms with Crippen LogP contribution in [0.3, 0.4) is 0 Å². The molecule has 1 rings (SSSR count). The number of allylic oxidation sites excluding steroid dienone is 3. The van der Waals surface area contributed by atoms with Gasteiger partial charge in [0.15, 0.2) is 0 Å². The molecule has 0 aliphatic carbocycles. The van der Waals surface area contributed by atoms with Crippen molar-refractivity contribution < 1.29 is 0 Å². The van der Waals surface area contributed by atoms with Crippen LogP contribution >= 0.6 is 56.5 Å². The van der Waals surface area contributed by atoms with E-state index in [2.05, 4.69) is 101 Å². The number of hydrogen-bond donors (Lipinski definition) is 0. The first-order chi connectivity index (χ1) is 8.23. The minimum absolute atomic E-state index is 1.16. The summed E-state index contributed by atoms with van der Waals surface area (Å²) in [5, 5.41) is 4.31. The Morgan fingerprint density at radius 3 is 2.33 bits per heavy atom. The van der Waals surface area contributed by atoms with E-state index in [0.29, 0.717) is 0 Å². The molecule has 0 amide bonds. The normalized spacial score (nSPS) is 14.4. The fourth-order valence-electron chi connectivity index (χ4n) is 1.39. The predicted molar refractivity (Wildman–Crippen MR) is 106 cm³/mol. The van der Waals surface area contributed by atoms with Crippen LogP contribution in [-0.4, -0.2) is 8.07 Å².